The van der Waals surface area contributed by atoms with Crippen molar-refractivity contribution in [1.29, 1.82) is 0 Å². The molecule has 1 amide bonds. The molecule has 1 saturated heterocycles. The maximum absolute atomic E-state index is 14.0. The fraction of sp³-hybridized carbons (Fsp3) is 0.333. The fourth-order valence-corrected chi connectivity index (χ4v) is 3.74. The quantitative estimate of drug-likeness (QED) is 0.707. The minimum absolute atomic E-state index is 0.0617. The zero-order valence-corrected chi connectivity index (χ0v) is 16.4. The lowest BCUT2D eigenvalue weighted by atomic mass is 10.0. The lowest BCUT2D eigenvalue weighted by molar-refractivity contribution is -0.136. The van der Waals surface area contributed by atoms with Crippen molar-refractivity contribution in [3.63, 3.8) is 0 Å². The minimum Gasteiger partial charge on any atom is -0.508 e. The molecule has 0 bridgehead atoms. The Bertz CT molecular complexity index is 1140. The normalized spacial score (nSPS) is 16.6. The summed E-state index contributed by atoms with van der Waals surface area (Å²) in [5, 5.41) is 17.6. The highest BCUT2D eigenvalue weighted by molar-refractivity contribution is 5.76. The number of aromatic hydroxyl groups is 1. The van der Waals surface area contributed by atoms with Gasteiger partial charge in [-0.2, -0.15) is 0 Å². The third-order valence-electron chi connectivity index (χ3n) is 5.27. The molecule has 1 aromatic carbocycles. The summed E-state index contributed by atoms with van der Waals surface area (Å²) in [6.45, 7) is 1.99. The number of halogens is 1. The molecule has 1 fully saturated rings. The van der Waals surface area contributed by atoms with Crippen molar-refractivity contribution in [3.05, 3.63) is 64.2 Å². The van der Waals surface area contributed by atoms with E-state index in [1.807, 2.05) is 0 Å². The van der Waals surface area contributed by atoms with E-state index in [1.165, 1.54) is 16.7 Å². The molecule has 2 aromatic heterocycles. The Labute approximate surface area is 171 Å². The predicted molar refractivity (Wildman–Crippen MR) is 105 cm³/mol. The van der Waals surface area contributed by atoms with Crippen LogP contribution in [0.25, 0.3) is 11.5 Å². The number of benzene rings is 1. The smallest absolute Gasteiger partial charge is 0.254 e. The average molecular weight is 412 g/mol. The molecule has 0 spiro atoms. The standard InChI is InChI=1S/C21H21FN4O4/c1-13-10-14(27)11-18(28)26(13)12-19(29)25-9-5-4-8-17(25)21-24-23-20(30-21)15-6-2-3-7-16(15)22/h2-3,6-7,10-11,17,27H,4-5,8-9,12H2,1H3/t17-/m1/s1. The van der Waals surface area contributed by atoms with Gasteiger partial charge in [0.15, 0.2) is 0 Å². The van der Waals surface area contributed by atoms with Crippen molar-refractivity contribution in [2.24, 2.45) is 0 Å². The summed E-state index contributed by atoms with van der Waals surface area (Å²) in [7, 11) is 0. The van der Waals surface area contributed by atoms with Crippen LogP contribution in [0, 0.1) is 12.7 Å². The Morgan fingerprint density at radius 3 is 2.83 bits per heavy atom. The molecule has 30 heavy (non-hydrogen) atoms. The van der Waals surface area contributed by atoms with Gasteiger partial charge in [-0.25, -0.2) is 4.39 Å². The number of rotatable bonds is 4. The first kappa shape index (κ1) is 19.8. The van der Waals surface area contributed by atoms with Crippen LogP contribution < -0.4 is 5.56 Å². The number of hydrogen-bond acceptors (Lipinski definition) is 6. The van der Waals surface area contributed by atoms with Gasteiger partial charge < -0.3 is 19.0 Å². The van der Waals surface area contributed by atoms with Crippen LogP contribution in [0.3, 0.4) is 0 Å². The molecular weight excluding hydrogens is 391 g/mol. The molecule has 0 aliphatic carbocycles. The van der Waals surface area contributed by atoms with Gasteiger partial charge in [0, 0.05) is 18.3 Å². The van der Waals surface area contributed by atoms with Gasteiger partial charge in [0.2, 0.25) is 11.8 Å². The average Bonchev–Trinajstić information content (AvgIpc) is 3.20. The number of aromatic nitrogens is 3. The summed E-state index contributed by atoms with van der Waals surface area (Å²) in [5.74, 6) is -0.556. The van der Waals surface area contributed by atoms with Gasteiger partial charge in [0.05, 0.1) is 5.56 Å². The number of carbonyl (C=O) groups excluding carboxylic acids is 1. The summed E-state index contributed by atoms with van der Waals surface area (Å²) < 4.78 is 21.1. The number of pyridine rings is 1. The van der Waals surface area contributed by atoms with Crippen LogP contribution in [0.5, 0.6) is 5.75 Å². The SMILES string of the molecule is Cc1cc(O)cc(=O)n1CC(=O)N1CCCC[C@@H]1c1nnc(-c2ccccc2F)o1. The predicted octanol–water partition coefficient (Wildman–Crippen LogP) is 2.81. The second-order valence-corrected chi connectivity index (χ2v) is 7.30. The Hall–Kier alpha value is -3.49. The summed E-state index contributed by atoms with van der Waals surface area (Å²) in [6.07, 6.45) is 2.33. The van der Waals surface area contributed by atoms with E-state index in [0.717, 1.165) is 18.9 Å². The molecule has 4 rings (SSSR count). The van der Waals surface area contributed by atoms with Gasteiger partial charge in [-0.05, 0) is 44.4 Å². The van der Waals surface area contributed by atoms with E-state index in [1.54, 1.807) is 30.0 Å². The Kier molecular flexibility index (Phi) is 5.35. The number of amides is 1. The van der Waals surface area contributed by atoms with Crippen LogP contribution in [0.1, 0.15) is 36.9 Å². The van der Waals surface area contributed by atoms with E-state index in [0.29, 0.717) is 18.7 Å². The zero-order chi connectivity index (χ0) is 21.3. The molecule has 9 heteroatoms. The number of hydrogen-bond donors (Lipinski definition) is 1. The van der Waals surface area contributed by atoms with E-state index >= 15 is 0 Å². The van der Waals surface area contributed by atoms with E-state index in [4.69, 9.17) is 4.42 Å². The number of aryl methyl sites for hydroxylation is 1. The Morgan fingerprint density at radius 2 is 2.07 bits per heavy atom. The van der Waals surface area contributed by atoms with Gasteiger partial charge in [-0.1, -0.05) is 12.1 Å². The van der Waals surface area contributed by atoms with Crippen LogP contribution in [0.15, 0.2) is 45.6 Å². The van der Waals surface area contributed by atoms with Crippen LogP contribution in [-0.4, -0.2) is 37.2 Å². The minimum atomic E-state index is -0.466. The molecular formula is C21H21FN4O4. The second kappa shape index (κ2) is 8.10. The number of nitrogens with zero attached hydrogens (tertiary/aromatic N) is 4. The van der Waals surface area contributed by atoms with Crippen LogP contribution >= 0.6 is 0 Å². The third-order valence-corrected chi connectivity index (χ3v) is 5.27. The molecule has 1 aliphatic heterocycles. The molecule has 3 heterocycles. The van der Waals surface area contributed by atoms with Gasteiger partial charge >= 0.3 is 0 Å². The summed E-state index contributed by atoms with van der Waals surface area (Å²) in [6, 6.07) is 8.19. The van der Waals surface area contributed by atoms with E-state index in [-0.39, 0.29) is 35.5 Å². The van der Waals surface area contributed by atoms with Gasteiger partial charge in [-0.15, -0.1) is 10.2 Å². The molecule has 1 aliphatic rings. The number of likely N-dealkylation sites (tertiary alicyclic amines) is 1. The molecule has 0 unspecified atom stereocenters. The first-order valence-corrected chi connectivity index (χ1v) is 9.72. The van der Waals surface area contributed by atoms with Gasteiger partial charge in [0.25, 0.3) is 11.4 Å². The van der Waals surface area contributed by atoms with Crippen molar-refractivity contribution in [3.8, 4) is 17.2 Å². The summed E-state index contributed by atoms with van der Waals surface area (Å²) in [4.78, 5) is 26.8. The summed E-state index contributed by atoms with van der Waals surface area (Å²) >= 11 is 0. The third kappa shape index (κ3) is 3.83. The Morgan fingerprint density at radius 1 is 1.27 bits per heavy atom. The molecule has 3 aromatic rings. The summed E-state index contributed by atoms with van der Waals surface area (Å²) in [5.41, 5.74) is 0.242. The molecule has 1 N–H and O–H groups in total. The topological polar surface area (TPSA) is 101 Å². The lowest BCUT2D eigenvalue weighted by Gasteiger charge is -2.33. The maximum atomic E-state index is 14.0. The van der Waals surface area contributed by atoms with Crippen molar-refractivity contribution in [1.82, 2.24) is 19.7 Å². The zero-order valence-electron chi connectivity index (χ0n) is 16.4. The van der Waals surface area contributed by atoms with E-state index < -0.39 is 17.4 Å². The highest BCUT2D eigenvalue weighted by atomic mass is 19.1. The van der Waals surface area contributed by atoms with E-state index in [9.17, 15) is 19.1 Å². The molecule has 8 nitrogen and oxygen atoms in total. The van der Waals surface area contributed by atoms with Crippen molar-refractivity contribution in [2.45, 2.75) is 38.8 Å². The van der Waals surface area contributed by atoms with Crippen LogP contribution in [-0.2, 0) is 11.3 Å². The van der Waals surface area contributed by atoms with Crippen molar-refractivity contribution >= 4 is 5.91 Å². The molecule has 0 radical (unpaired) electrons. The molecule has 1 atom stereocenters. The molecule has 156 valence electrons. The van der Waals surface area contributed by atoms with Gasteiger partial charge in [-0.3, -0.25) is 9.59 Å². The van der Waals surface area contributed by atoms with Crippen molar-refractivity contribution < 1.29 is 18.7 Å². The largest absolute Gasteiger partial charge is 0.508 e. The fourth-order valence-electron chi connectivity index (χ4n) is 3.74. The van der Waals surface area contributed by atoms with Crippen LogP contribution in [0.4, 0.5) is 4.39 Å². The first-order valence-electron chi connectivity index (χ1n) is 9.72. The van der Waals surface area contributed by atoms with Gasteiger partial charge in [0.1, 0.15) is 24.2 Å². The lowest BCUT2D eigenvalue weighted by Crippen LogP contribution is -2.42. The Balaban J connectivity index is 1.59. The highest BCUT2D eigenvalue weighted by Crippen LogP contribution is 2.32. The molecule has 0 saturated carbocycles. The maximum Gasteiger partial charge on any atom is 0.254 e. The second-order valence-electron chi connectivity index (χ2n) is 7.30. The van der Waals surface area contributed by atoms with Crippen LogP contribution in [0.2, 0.25) is 0 Å². The monoisotopic (exact) mass is 412 g/mol. The number of carbonyl (C=O) groups is 1. The highest BCUT2D eigenvalue weighted by Gasteiger charge is 2.32. The number of piperidine rings is 1. The first-order chi connectivity index (χ1) is 14.4. The van der Waals surface area contributed by atoms with Crippen molar-refractivity contribution in [2.75, 3.05) is 6.54 Å². The van der Waals surface area contributed by atoms with E-state index in [2.05, 4.69) is 10.2 Å².